The highest BCUT2D eigenvalue weighted by atomic mass is 19.3. The van der Waals surface area contributed by atoms with Crippen LogP contribution in [-0.4, -0.2) is 34.8 Å². The summed E-state index contributed by atoms with van der Waals surface area (Å²) in [7, 11) is 0. The number of amides is 1. The monoisotopic (exact) mass is 264 g/mol. The quantitative estimate of drug-likeness (QED) is 0.844. The van der Waals surface area contributed by atoms with Crippen LogP contribution in [0.4, 0.5) is 8.78 Å². The van der Waals surface area contributed by atoms with Gasteiger partial charge < -0.3 is 9.88 Å². The van der Waals surface area contributed by atoms with E-state index in [-0.39, 0.29) is 12.3 Å². The summed E-state index contributed by atoms with van der Waals surface area (Å²) in [5, 5.41) is 0.779. The number of para-hydroxylation sites is 1. The van der Waals surface area contributed by atoms with Crippen LogP contribution in [0.2, 0.25) is 0 Å². The first-order chi connectivity index (χ1) is 9.07. The molecule has 0 bridgehead atoms. The molecule has 0 spiro atoms. The number of carbonyl (C=O) groups excluding carboxylic acids is 1. The number of nitrogens with one attached hydrogen (secondary N) is 1. The molecule has 1 N–H and O–H groups in total. The molecule has 1 aromatic carbocycles. The summed E-state index contributed by atoms with van der Waals surface area (Å²) in [6.45, 7) is -0.0841. The van der Waals surface area contributed by atoms with E-state index < -0.39 is 12.5 Å². The van der Waals surface area contributed by atoms with Crippen molar-refractivity contribution in [2.24, 2.45) is 0 Å². The highest BCUT2D eigenvalue weighted by molar-refractivity contribution is 6.06. The Morgan fingerprint density at radius 1 is 1.32 bits per heavy atom. The van der Waals surface area contributed by atoms with Crippen LogP contribution in [-0.2, 0) is 0 Å². The second kappa shape index (κ2) is 4.33. The number of aromatic amines is 1. The van der Waals surface area contributed by atoms with E-state index in [1.54, 1.807) is 6.20 Å². The van der Waals surface area contributed by atoms with Crippen molar-refractivity contribution in [3.05, 3.63) is 36.0 Å². The lowest BCUT2D eigenvalue weighted by molar-refractivity contribution is -0.0560. The molecule has 1 saturated heterocycles. The number of piperidine rings is 1. The van der Waals surface area contributed by atoms with Crippen molar-refractivity contribution in [3.8, 4) is 0 Å². The van der Waals surface area contributed by atoms with Crippen molar-refractivity contribution >= 4 is 16.8 Å². The maximum Gasteiger partial charge on any atom is 0.265 e. The molecule has 1 aromatic heterocycles. The van der Waals surface area contributed by atoms with E-state index in [2.05, 4.69) is 4.98 Å². The molecule has 2 heterocycles. The summed E-state index contributed by atoms with van der Waals surface area (Å²) in [4.78, 5) is 16.6. The van der Waals surface area contributed by atoms with Crippen molar-refractivity contribution in [2.45, 2.75) is 18.8 Å². The minimum Gasteiger partial charge on any atom is -0.360 e. The second-order valence-corrected chi connectivity index (χ2v) is 4.93. The van der Waals surface area contributed by atoms with Crippen LogP contribution in [0, 0.1) is 0 Å². The third-order valence-corrected chi connectivity index (χ3v) is 3.50. The Kier molecular flexibility index (Phi) is 2.77. The number of carbonyl (C=O) groups is 1. The minimum absolute atomic E-state index is 0.134. The highest BCUT2D eigenvalue weighted by Gasteiger charge is 2.37. The maximum absolute atomic E-state index is 13.4. The second-order valence-electron chi connectivity index (χ2n) is 4.93. The molecule has 2 aromatic rings. The number of halogens is 2. The lowest BCUT2D eigenvalue weighted by Gasteiger charge is -2.32. The number of aromatic nitrogens is 1. The SMILES string of the molecule is O=C(c1c[nH]c2ccccc12)N1CCCC(F)(F)C1. The van der Waals surface area contributed by atoms with Crippen LogP contribution in [0.5, 0.6) is 0 Å². The average molecular weight is 264 g/mol. The standard InChI is InChI=1S/C14H14F2N2O/c15-14(16)6-3-7-18(9-14)13(19)11-8-17-12-5-2-1-4-10(11)12/h1-2,4-5,8,17H,3,6-7,9H2. The lowest BCUT2D eigenvalue weighted by Crippen LogP contribution is -2.45. The van der Waals surface area contributed by atoms with Gasteiger partial charge in [-0.25, -0.2) is 8.78 Å². The fourth-order valence-corrected chi connectivity index (χ4v) is 2.56. The molecule has 0 saturated carbocycles. The van der Waals surface area contributed by atoms with Gasteiger partial charge in [-0.1, -0.05) is 18.2 Å². The Morgan fingerprint density at radius 3 is 2.89 bits per heavy atom. The number of alkyl halides is 2. The van der Waals surface area contributed by atoms with E-state index in [0.717, 1.165) is 10.9 Å². The summed E-state index contributed by atoms with van der Waals surface area (Å²) < 4.78 is 26.7. The van der Waals surface area contributed by atoms with Crippen molar-refractivity contribution in [3.63, 3.8) is 0 Å². The molecule has 0 unspecified atom stereocenters. The number of hydrogen-bond acceptors (Lipinski definition) is 1. The molecule has 1 amide bonds. The first kappa shape index (κ1) is 12.1. The van der Waals surface area contributed by atoms with Crippen LogP contribution in [0.25, 0.3) is 10.9 Å². The van der Waals surface area contributed by atoms with E-state index in [9.17, 15) is 13.6 Å². The zero-order valence-electron chi connectivity index (χ0n) is 10.3. The highest BCUT2D eigenvalue weighted by Crippen LogP contribution is 2.28. The van der Waals surface area contributed by atoms with Gasteiger partial charge in [0.25, 0.3) is 11.8 Å². The van der Waals surface area contributed by atoms with Gasteiger partial charge in [0.15, 0.2) is 0 Å². The number of fused-ring (bicyclic) bond motifs is 1. The number of nitrogens with zero attached hydrogens (tertiary/aromatic N) is 1. The van der Waals surface area contributed by atoms with Crippen molar-refractivity contribution < 1.29 is 13.6 Å². The Bertz CT molecular complexity index is 621. The molecule has 1 fully saturated rings. The van der Waals surface area contributed by atoms with Gasteiger partial charge in [0.2, 0.25) is 0 Å². The van der Waals surface area contributed by atoms with Crippen LogP contribution in [0.1, 0.15) is 23.2 Å². The summed E-state index contributed by atoms with van der Waals surface area (Å²) in [6.07, 6.45) is 1.81. The van der Waals surface area contributed by atoms with E-state index in [4.69, 9.17) is 0 Å². The number of H-pyrrole nitrogens is 1. The maximum atomic E-state index is 13.4. The molecule has 0 aliphatic carbocycles. The largest absolute Gasteiger partial charge is 0.360 e. The number of likely N-dealkylation sites (tertiary alicyclic amines) is 1. The molecular weight excluding hydrogens is 250 g/mol. The minimum atomic E-state index is -2.76. The topological polar surface area (TPSA) is 36.1 Å². The molecule has 0 radical (unpaired) electrons. The van der Waals surface area contributed by atoms with Crippen molar-refractivity contribution in [1.29, 1.82) is 0 Å². The van der Waals surface area contributed by atoms with Crippen molar-refractivity contribution in [2.75, 3.05) is 13.1 Å². The number of rotatable bonds is 1. The third-order valence-electron chi connectivity index (χ3n) is 3.50. The van der Waals surface area contributed by atoms with Gasteiger partial charge in [0.05, 0.1) is 12.1 Å². The van der Waals surface area contributed by atoms with E-state index in [1.807, 2.05) is 24.3 Å². The van der Waals surface area contributed by atoms with E-state index >= 15 is 0 Å². The molecule has 100 valence electrons. The molecule has 3 rings (SSSR count). The first-order valence-electron chi connectivity index (χ1n) is 6.30. The zero-order chi connectivity index (χ0) is 13.5. The van der Waals surface area contributed by atoms with Gasteiger partial charge in [-0.2, -0.15) is 0 Å². The molecule has 0 atom stereocenters. The third kappa shape index (κ3) is 2.20. The molecular formula is C14H14F2N2O. The van der Waals surface area contributed by atoms with Gasteiger partial charge in [0.1, 0.15) is 0 Å². The normalized spacial score (nSPS) is 18.7. The molecule has 1 aliphatic rings. The molecule has 19 heavy (non-hydrogen) atoms. The van der Waals surface area contributed by atoms with Gasteiger partial charge in [-0.15, -0.1) is 0 Å². The molecule has 3 nitrogen and oxygen atoms in total. The first-order valence-corrected chi connectivity index (χ1v) is 6.30. The van der Waals surface area contributed by atoms with E-state index in [1.165, 1.54) is 4.90 Å². The van der Waals surface area contributed by atoms with E-state index in [0.29, 0.717) is 18.5 Å². The Morgan fingerprint density at radius 2 is 2.11 bits per heavy atom. The molecule has 1 aliphatic heterocycles. The predicted octanol–water partition coefficient (Wildman–Crippen LogP) is 3.04. The fraction of sp³-hybridized carbons (Fsp3) is 0.357. The Balaban J connectivity index is 1.91. The van der Waals surface area contributed by atoms with Gasteiger partial charge >= 0.3 is 0 Å². The van der Waals surface area contributed by atoms with Crippen LogP contribution in [0.15, 0.2) is 30.5 Å². The Hall–Kier alpha value is -1.91. The van der Waals surface area contributed by atoms with Crippen LogP contribution >= 0.6 is 0 Å². The summed E-state index contributed by atoms with van der Waals surface area (Å²) in [6, 6.07) is 7.37. The van der Waals surface area contributed by atoms with Gasteiger partial charge in [0, 0.05) is 30.1 Å². The fourth-order valence-electron chi connectivity index (χ4n) is 2.56. The summed E-state index contributed by atoms with van der Waals surface area (Å²) in [5.41, 5.74) is 1.31. The number of benzene rings is 1. The molecule has 5 heteroatoms. The summed E-state index contributed by atoms with van der Waals surface area (Å²) in [5.74, 6) is -3.09. The van der Waals surface area contributed by atoms with Crippen LogP contribution < -0.4 is 0 Å². The Labute approximate surface area is 109 Å². The zero-order valence-corrected chi connectivity index (χ0v) is 10.3. The number of hydrogen-bond donors (Lipinski definition) is 1. The summed E-state index contributed by atoms with van der Waals surface area (Å²) >= 11 is 0. The smallest absolute Gasteiger partial charge is 0.265 e. The average Bonchev–Trinajstić information content (AvgIpc) is 2.80. The van der Waals surface area contributed by atoms with Crippen molar-refractivity contribution in [1.82, 2.24) is 9.88 Å². The lowest BCUT2D eigenvalue weighted by atomic mass is 10.1. The van der Waals surface area contributed by atoms with Gasteiger partial charge in [-0.3, -0.25) is 4.79 Å². The van der Waals surface area contributed by atoms with Gasteiger partial charge in [-0.05, 0) is 12.5 Å². The van der Waals surface area contributed by atoms with Crippen LogP contribution in [0.3, 0.4) is 0 Å². The predicted molar refractivity (Wildman–Crippen MR) is 68.4 cm³/mol.